The smallest absolute Gasteiger partial charge is 0.250 e. The van der Waals surface area contributed by atoms with E-state index in [9.17, 15) is 18.0 Å². The molecule has 3 N–H and O–H groups in total. The molecule has 0 aromatic heterocycles. The number of benzene rings is 2. The molecule has 0 spiro atoms. The Balaban J connectivity index is 2.39. The van der Waals surface area contributed by atoms with E-state index in [1.807, 2.05) is 13.8 Å². The van der Waals surface area contributed by atoms with Gasteiger partial charge in [-0.25, -0.2) is 8.42 Å². The van der Waals surface area contributed by atoms with Gasteiger partial charge in [0, 0.05) is 0 Å². The van der Waals surface area contributed by atoms with Gasteiger partial charge in [-0.1, -0.05) is 18.2 Å². The molecule has 144 valence electrons. The number of carbonyl (C=O) groups excluding carboxylic acids is 2. The number of sulfonamides is 1. The molecule has 2 aromatic rings. The van der Waals surface area contributed by atoms with Crippen LogP contribution in [0.3, 0.4) is 0 Å². The van der Waals surface area contributed by atoms with Crippen molar-refractivity contribution in [2.75, 3.05) is 15.9 Å². The number of nitrogens with two attached hydrogens (primary N) is 1. The van der Waals surface area contributed by atoms with Gasteiger partial charge in [0.15, 0.2) is 0 Å². The first-order valence-corrected chi connectivity index (χ1v) is 10.1. The predicted octanol–water partition coefficient (Wildman–Crippen LogP) is 2.20. The largest absolute Gasteiger partial charge is 0.366 e. The molecule has 7 nitrogen and oxygen atoms in total. The quantitative estimate of drug-likeness (QED) is 0.789. The Labute approximate surface area is 159 Å². The molecule has 0 aliphatic heterocycles. The van der Waals surface area contributed by atoms with Gasteiger partial charge in [0.05, 0.1) is 23.2 Å². The second-order valence-electron chi connectivity index (χ2n) is 6.40. The Morgan fingerprint density at radius 3 is 2.26 bits per heavy atom. The monoisotopic (exact) mass is 389 g/mol. The summed E-state index contributed by atoms with van der Waals surface area (Å²) in [5, 5.41) is 2.59. The van der Waals surface area contributed by atoms with E-state index < -0.39 is 27.9 Å². The summed E-state index contributed by atoms with van der Waals surface area (Å²) < 4.78 is 25.8. The third kappa shape index (κ3) is 4.65. The number of aryl methyl sites for hydroxylation is 2. The molecule has 27 heavy (non-hydrogen) atoms. The minimum Gasteiger partial charge on any atom is -0.366 e. The maximum absolute atomic E-state index is 12.7. The van der Waals surface area contributed by atoms with Gasteiger partial charge in [-0.05, 0) is 56.2 Å². The standard InChI is InChI=1S/C19H23N3O4S/c1-12-9-10-15(11-13(12)2)22(27(4,25)26)14(3)19(24)21-17-8-6-5-7-16(17)18(20)23/h5-11,14H,1-4H3,(H2,20,23)(H,21,24)/t14-/m1/s1. The number of primary amides is 1. The number of nitrogens with zero attached hydrogens (tertiary/aromatic N) is 1. The molecule has 0 fully saturated rings. The van der Waals surface area contributed by atoms with E-state index in [4.69, 9.17) is 5.73 Å². The summed E-state index contributed by atoms with van der Waals surface area (Å²) in [5.74, 6) is -1.26. The van der Waals surface area contributed by atoms with E-state index in [0.29, 0.717) is 5.69 Å². The number of hydrogen-bond acceptors (Lipinski definition) is 4. The molecular formula is C19H23N3O4S. The topological polar surface area (TPSA) is 110 Å². The average Bonchev–Trinajstić information content (AvgIpc) is 2.57. The third-order valence-electron chi connectivity index (χ3n) is 4.28. The Kier molecular flexibility index (Phi) is 5.90. The van der Waals surface area contributed by atoms with Crippen LogP contribution in [0.4, 0.5) is 11.4 Å². The Morgan fingerprint density at radius 1 is 1.07 bits per heavy atom. The van der Waals surface area contributed by atoms with Crippen LogP contribution in [0.2, 0.25) is 0 Å². The van der Waals surface area contributed by atoms with Crippen molar-refractivity contribution in [1.29, 1.82) is 0 Å². The average molecular weight is 389 g/mol. The lowest BCUT2D eigenvalue weighted by molar-refractivity contribution is -0.116. The Morgan fingerprint density at radius 2 is 1.70 bits per heavy atom. The van der Waals surface area contributed by atoms with Crippen LogP contribution in [0.15, 0.2) is 42.5 Å². The Bertz CT molecular complexity index is 986. The molecule has 8 heteroatoms. The zero-order chi connectivity index (χ0) is 20.4. The summed E-state index contributed by atoms with van der Waals surface area (Å²) in [4.78, 5) is 24.3. The summed E-state index contributed by atoms with van der Waals surface area (Å²) in [6.07, 6.45) is 1.04. The molecule has 0 bridgehead atoms. The van der Waals surface area contributed by atoms with Crippen molar-refractivity contribution in [3.63, 3.8) is 0 Å². The lowest BCUT2D eigenvalue weighted by Gasteiger charge is -2.29. The molecule has 0 radical (unpaired) electrons. The molecule has 0 unspecified atom stereocenters. The van der Waals surface area contributed by atoms with Gasteiger partial charge < -0.3 is 11.1 Å². The number of anilines is 2. The summed E-state index contributed by atoms with van der Waals surface area (Å²) in [6.45, 7) is 5.27. The highest BCUT2D eigenvalue weighted by molar-refractivity contribution is 7.92. The molecule has 0 saturated carbocycles. The van der Waals surface area contributed by atoms with Crippen LogP contribution in [0.1, 0.15) is 28.4 Å². The highest BCUT2D eigenvalue weighted by Crippen LogP contribution is 2.24. The fourth-order valence-corrected chi connectivity index (χ4v) is 3.88. The summed E-state index contributed by atoms with van der Waals surface area (Å²) in [7, 11) is -3.73. The number of carbonyl (C=O) groups is 2. The number of rotatable bonds is 6. The normalized spacial score (nSPS) is 12.3. The van der Waals surface area contributed by atoms with Gasteiger partial charge in [0.25, 0.3) is 5.91 Å². The SMILES string of the molecule is Cc1ccc(N([C@H](C)C(=O)Nc2ccccc2C(N)=O)S(C)(=O)=O)cc1C. The first kappa shape index (κ1) is 20.4. The first-order chi connectivity index (χ1) is 12.5. The van der Waals surface area contributed by atoms with E-state index in [1.54, 1.807) is 30.3 Å². The molecule has 2 amide bonds. The summed E-state index contributed by atoms with van der Waals surface area (Å²) in [5.41, 5.74) is 8.02. The Hall–Kier alpha value is -2.87. The van der Waals surface area contributed by atoms with Crippen LogP contribution < -0.4 is 15.4 Å². The fourth-order valence-electron chi connectivity index (χ4n) is 2.72. The van der Waals surface area contributed by atoms with E-state index in [2.05, 4.69) is 5.32 Å². The van der Waals surface area contributed by atoms with Crippen LogP contribution in [-0.2, 0) is 14.8 Å². The fraction of sp³-hybridized carbons (Fsp3) is 0.263. The van der Waals surface area contributed by atoms with Gasteiger partial charge in [0.1, 0.15) is 6.04 Å². The maximum atomic E-state index is 12.7. The van der Waals surface area contributed by atoms with Gasteiger partial charge in [-0.2, -0.15) is 0 Å². The van der Waals surface area contributed by atoms with Crippen LogP contribution >= 0.6 is 0 Å². The van der Waals surface area contributed by atoms with Crippen LogP contribution in [0.5, 0.6) is 0 Å². The molecule has 0 heterocycles. The maximum Gasteiger partial charge on any atom is 0.250 e. The van der Waals surface area contributed by atoms with Gasteiger partial charge in [0.2, 0.25) is 15.9 Å². The lowest BCUT2D eigenvalue weighted by Crippen LogP contribution is -2.45. The summed E-state index contributed by atoms with van der Waals surface area (Å²) >= 11 is 0. The summed E-state index contributed by atoms with van der Waals surface area (Å²) in [6, 6.07) is 10.4. The van der Waals surface area contributed by atoms with Crippen LogP contribution in [-0.4, -0.2) is 32.5 Å². The lowest BCUT2D eigenvalue weighted by atomic mass is 10.1. The van der Waals surface area contributed by atoms with Gasteiger partial charge >= 0.3 is 0 Å². The molecule has 2 rings (SSSR count). The van der Waals surface area contributed by atoms with Crippen LogP contribution in [0, 0.1) is 13.8 Å². The second kappa shape index (κ2) is 7.79. The van der Waals surface area contributed by atoms with Gasteiger partial charge in [-0.15, -0.1) is 0 Å². The van der Waals surface area contributed by atoms with Crippen molar-refractivity contribution in [3.8, 4) is 0 Å². The van der Waals surface area contributed by atoms with Crippen molar-refractivity contribution >= 4 is 33.2 Å². The predicted molar refractivity (Wildman–Crippen MR) is 106 cm³/mol. The molecule has 0 saturated heterocycles. The minimum atomic E-state index is -3.73. The second-order valence-corrected chi connectivity index (χ2v) is 8.26. The van der Waals surface area contributed by atoms with Crippen molar-refractivity contribution in [1.82, 2.24) is 0 Å². The minimum absolute atomic E-state index is 0.148. The van der Waals surface area contributed by atoms with E-state index >= 15 is 0 Å². The highest BCUT2D eigenvalue weighted by atomic mass is 32.2. The molecular weight excluding hydrogens is 366 g/mol. The number of para-hydroxylation sites is 1. The first-order valence-electron chi connectivity index (χ1n) is 8.28. The van der Waals surface area contributed by atoms with Crippen molar-refractivity contribution in [2.45, 2.75) is 26.8 Å². The molecule has 1 atom stereocenters. The molecule has 2 aromatic carbocycles. The zero-order valence-electron chi connectivity index (χ0n) is 15.7. The number of hydrogen-bond donors (Lipinski definition) is 2. The molecule has 0 aliphatic rings. The van der Waals surface area contributed by atoms with Crippen molar-refractivity contribution in [3.05, 3.63) is 59.2 Å². The van der Waals surface area contributed by atoms with Crippen molar-refractivity contribution in [2.24, 2.45) is 5.73 Å². The van der Waals surface area contributed by atoms with E-state index in [1.165, 1.54) is 19.1 Å². The zero-order valence-corrected chi connectivity index (χ0v) is 16.5. The van der Waals surface area contributed by atoms with E-state index in [-0.39, 0.29) is 11.3 Å². The highest BCUT2D eigenvalue weighted by Gasteiger charge is 2.29. The van der Waals surface area contributed by atoms with Crippen LogP contribution in [0.25, 0.3) is 0 Å². The third-order valence-corrected chi connectivity index (χ3v) is 5.53. The van der Waals surface area contributed by atoms with Crippen molar-refractivity contribution < 1.29 is 18.0 Å². The molecule has 0 aliphatic carbocycles. The van der Waals surface area contributed by atoms with E-state index in [0.717, 1.165) is 21.7 Å². The van der Waals surface area contributed by atoms with Gasteiger partial charge in [-0.3, -0.25) is 13.9 Å². The number of nitrogens with one attached hydrogen (secondary N) is 1. The number of amides is 2.